The van der Waals surface area contributed by atoms with Crippen molar-refractivity contribution in [3.63, 3.8) is 0 Å². The van der Waals surface area contributed by atoms with Crippen LogP contribution in [0.1, 0.15) is 32.1 Å². The van der Waals surface area contributed by atoms with Crippen LogP contribution in [0.25, 0.3) is 0 Å². The van der Waals surface area contributed by atoms with E-state index in [1.807, 2.05) is 0 Å². The van der Waals surface area contributed by atoms with Gasteiger partial charge in [-0.25, -0.2) is 0 Å². The Hall–Kier alpha value is -0.580. The predicted octanol–water partition coefficient (Wildman–Crippen LogP) is 1.19. The van der Waals surface area contributed by atoms with Crippen molar-refractivity contribution in [2.75, 3.05) is 18.9 Å². The van der Waals surface area contributed by atoms with Gasteiger partial charge >= 0.3 is 0 Å². The third-order valence-electron chi connectivity index (χ3n) is 2.05. The van der Waals surface area contributed by atoms with Gasteiger partial charge in [0.15, 0.2) is 0 Å². The van der Waals surface area contributed by atoms with E-state index in [9.17, 15) is 9.59 Å². The van der Waals surface area contributed by atoms with Crippen molar-refractivity contribution in [3.8, 4) is 0 Å². The summed E-state index contributed by atoms with van der Waals surface area (Å²) >= 11 is 3.08. The Bertz CT molecular complexity index is 178. The van der Waals surface area contributed by atoms with Gasteiger partial charge in [0.2, 0.25) is 11.8 Å². The van der Waals surface area contributed by atoms with Crippen molar-refractivity contribution in [3.05, 3.63) is 0 Å². The molecule has 0 aromatic heterocycles. The minimum atomic E-state index is 0.0281. The number of carbonyl (C=O) groups is 2. The monoisotopic (exact) mass is 278 g/mol. The molecule has 2 amide bonds. The number of unbranched alkanes of at least 4 members (excludes halogenated alkanes) is 3. The summed E-state index contributed by atoms with van der Waals surface area (Å²) in [7, 11) is 1.65. The Morgan fingerprint density at radius 2 is 1.73 bits per heavy atom. The molecule has 0 spiro atoms. The van der Waals surface area contributed by atoms with Crippen molar-refractivity contribution < 1.29 is 9.59 Å². The van der Waals surface area contributed by atoms with E-state index in [0.29, 0.717) is 11.8 Å². The molecule has 0 bridgehead atoms. The molecule has 0 aliphatic rings. The van der Waals surface area contributed by atoms with Crippen LogP contribution < -0.4 is 10.6 Å². The largest absolute Gasteiger partial charge is 0.359 e. The number of rotatable bonds is 8. The molecule has 0 aromatic carbocycles. The second kappa shape index (κ2) is 9.96. The summed E-state index contributed by atoms with van der Waals surface area (Å²) in [5.74, 6) is 0.128. The lowest BCUT2D eigenvalue weighted by Gasteiger charge is -2.03. The molecule has 2 N–H and O–H groups in total. The molecule has 0 aliphatic heterocycles. The lowest BCUT2D eigenvalue weighted by atomic mass is 10.1. The Labute approximate surface area is 99.3 Å². The molecule has 0 saturated carbocycles. The van der Waals surface area contributed by atoms with Gasteiger partial charge in [-0.1, -0.05) is 28.8 Å². The fourth-order valence-electron chi connectivity index (χ4n) is 1.16. The first-order chi connectivity index (χ1) is 7.20. The zero-order valence-corrected chi connectivity index (χ0v) is 10.7. The molecule has 5 heteroatoms. The third-order valence-corrected chi connectivity index (χ3v) is 2.56. The van der Waals surface area contributed by atoms with Crippen molar-refractivity contribution in [2.24, 2.45) is 0 Å². The van der Waals surface area contributed by atoms with Gasteiger partial charge in [0, 0.05) is 20.0 Å². The fraction of sp³-hybridized carbons (Fsp3) is 0.800. The molecule has 0 atom stereocenters. The van der Waals surface area contributed by atoms with E-state index in [4.69, 9.17) is 0 Å². The highest BCUT2D eigenvalue weighted by molar-refractivity contribution is 9.09. The smallest absolute Gasteiger partial charge is 0.230 e. The summed E-state index contributed by atoms with van der Waals surface area (Å²) in [5.41, 5.74) is 0. The Morgan fingerprint density at radius 1 is 1.07 bits per heavy atom. The van der Waals surface area contributed by atoms with E-state index < -0.39 is 0 Å². The lowest BCUT2D eigenvalue weighted by molar-refractivity contribution is -0.120. The molecule has 88 valence electrons. The highest BCUT2D eigenvalue weighted by Crippen LogP contribution is 2.02. The summed E-state index contributed by atoms with van der Waals surface area (Å²) in [6.07, 6.45) is 4.60. The molecule has 0 unspecified atom stereocenters. The molecular weight excluding hydrogens is 260 g/mol. The highest BCUT2D eigenvalue weighted by Gasteiger charge is 1.98. The average molecular weight is 279 g/mol. The number of carbonyl (C=O) groups excluding carboxylic acids is 2. The molecule has 0 aliphatic carbocycles. The topological polar surface area (TPSA) is 58.2 Å². The Kier molecular flexibility index (Phi) is 9.57. The molecule has 0 radical (unpaired) electrons. The van der Waals surface area contributed by atoms with Crippen molar-refractivity contribution >= 4 is 27.7 Å². The van der Waals surface area contributed by atoms with E-state index in [-0.39, 0.29) is 11.8 Å². The molecule has 0 saturated heterocycles. The maximum atomic E-state index is 10.9. The van der Waals surface area contributed by atoms with Gasteiger partial charge in [0.05, 0.1) is 5.33 Å². The normalized spacial score (nSPS) is 9.73. The summed E-state index contributed by atoms with van der Waals surface area (Å²) in [5, 5.41) is 5.73. The van der Waals surface area contributed by atoms with Crippen LogP contribution in [0.15, 0.2) is 0 Å². The number of nitrogens with one attached hydrogen (secondary N) is 2. The predicted molar refractivity (Wildman–Crippen MR) is 64.0 cm³/mol. The maximum absolute atomic E-state index is 10.9. The first-order valence-corrected chi connectivity index (χ1v) is 6.36. The van der Waals surface area contributed by atoms with Gasteiger partial charge in [-0.2, -0.15) is 0 Å². The van der Waals surface area contributed by atoms with E-state index in [2.05, 4.69) is 26.6 Å². The number of hydrogen-bond acceptors (Lipinski definition) is 2. The van der Waals surface area contributed by atoms with Crippen LogP contribution in [0, 0.1) is 0 Å². The summed E-state index contributed by atoms with van der Waals surface area (Å²) in [4.78, 5) is 21.7. The highest BCUT2D eigenvalue weighted by atomic mass is 79.9. The van der Waals surface area contributed by atoms with Gasteiger partial charge in [0.25, 0.3) is 0 Å². The fourth-order valence-corrected chi connectivity index (χ4v) is 1.36. The molecule has 4 nitrogen and oxygen atoms in total. The van der Waals surface area contributed by atoms with Gasteiger partial charge in [-0.15, -0.1) is 0 Å². The van der Waals surface area contributed by atoms with Crippen LogP contribution in [-0.4, -0.2) is 30.7 Å². The average Bonchev–Trinajstić information content (AvgIpc) is 2.26. The quantitative estimate of drug-likeness (QED) is 0.518. The van der Waals surface area contributed by atoms with E-state index in [0.717, 1.165) is 32.2 Å². The second-order valence-corrected chi connectivity index (χ2v) is 3.88. The van der Waals surface area contributed by atoms with Crippen LogP contribution >= 0.6 is 15.9 Å². The zero-order valence-electron chi connectivity index (χ0n) is 9.14. The number of halogens is 1. The van der Waals surface area contributed by atoms with Crippen LogP contribution in [0.2, 0.25) is 0 Å². The first kappa shape index (κ1) is 14.4. The second-order valence-electron chi connectivity index (χ2n) is 3.32. The van der Waals surface area contributed by atoms with E-state index >= 15 is 0 Å². The van der Waals surface area contributed by atoms with Crippen molar-refractivity contribution in [1.82, 2.24) is 10.6 Å². The van der Waals surface area contributed by atoms with Gasteiger partial charge < -0.3 is 10.6 Å². The Balaban J connectivity index is 3.11. The minimum Gasteiger partial charge on any atom is -0.359 e. The maximum Gasteiger partial charge on any atom is 0.230 e. The van der Waals surface area contributed by atoms with Crippen LogP contribution in [0.5, 0.6) is 0 Å². The minimum absolute atomic E-state index is 0.0281. The van der Waals surface area contributed by atoms with E-state index in [1.165, 1.54) is 0 Å². The number of hydrogen-bond donors (Lipinski definition) is 2. The summed E-state index contributed by atoms with van der Waals surface area (Å²) in [6.45, 7) is 0.727. The lowest BCUT2D eigenvalue weighted by Crippen LogP contribution is -2.25. The molecule has 15 heavy (non-hydrogen) atoms. The first-order valence-electron chi connectivity index (χ1n) is 5.24. The van der Waals surface area contributed by atoms with Crippen LogP contribution in [0.4, 0.5) is 0 Å². The zero-order chi connectivity index (χ0) is 11.5. The summed E-state index contributed by atoms with van der Waals surface area (Å²) in [6, 6.07) is 0. The van der Waals surface area contributed by atoms with Crippen molar-refractivity contribution in [1.29, 1.82) is 0 Å². The standard InChI is InChI=1S/C10H19BrN2O2/c1-12-9(14)6-4-2-3-5-7-13-10(15)8-11/h2-8H2,1H3,(H,12,14)(H,13,15). The number of amides is 2. The molecule has 0 fully saturated rings. The number of alkyl halides is 1. The molecule has 0 heterocycles. The van der Waals surface area contributed by atoms with Crippen molar-refractivity contribution in [2.45, 2.75) is 32.1 Å². The molecule has 0 rings (SSSR count). The molecular formula is C10H19BrN2O2. The van der Waals surface area contributed by atoms with Gasteiger partial charge in [0.1, 0.15) is 0 Å². The van der Waals surface area contributed by atoms with Gasteiger partial charge in [-0.3, -0.25) is 9.59 Å². The molecule has 0 aromatic rings. The van der Waals surface area contributed by atoms with Crippen LogP contribution in [-0.2, 0) is 9.59 Å². The summed E-state index contributed by atoms with van der Waals surface area (Å²) < 4.78 is 0. The SMILES string of the molecule is CNC(=O)CCCCCCNC(=O)CBr. The van der Waals surface area contributed by atoms with E-state index in [1.54, 1.807) is 7.05 Å². The third kappa shape index (κ3) is 9.72. The van der Waals surface area contributed by atoms with Crippen LogP contribution in [0.3, 0.4) is 0 Å². The van der Waals surface area contributed by atoms with Gasteiger partial charge in [-0.05, 0) is 12.8 Å². The Morgan fingerprint density at radius 3 is 2.33 bits per heavy atom.